The first kappa shape index (κ1) is 18.2. The molecular weight excluding hydrogens is 348 g/mol. The molecule has 6 heteroatoms. The van der Waals surface area contributed by atoms with Crippen molar-refractivity contribution in [2.45, 2.75) is 6.10 Å². The van der Waals surface area contributed by atoms with Gasteiger partial charge in [0.15, 0.2) is 0 Å². The molecule has 0 bridgehead atoms. The Hall–Kier alpha value is -2.65. The third-order valence-electron chi connectivity index (χ3n) is 4.41. The van der Waals surface area contributed by atoms with Gasteiger partial charge in [-0.1, -0.05) is 36.4 Å². The van der Waals surface area contributed by atoms with Gasteiger partial charge in [-0.3, -0.25) is 5.10 Å². The van der Waals surface area contributed by atoms with Crippen LogP contribution in [0.15, 0.2) is 54.6 Å². The second-order valence-corrected chi connectivity index (χ2v) is 6.04. The molecule has 5 nitrogen and oxygen atoms in total. The van der Waals surface area contributed by atoms with E-state index in [0.717, 1.165) is 42.2 Å². The summed E-state index contributed by atoms with van der Waals surface area (Å²) in [5.41, 5.74) is 5.73. The van der Waals surface area contributed by atoms with E-state index in [1.54, 1.807) is 12.1 Å². The van der Waals surface area contributed by atoms with E-state index in [1.807, 2.05) is 18.2 Å². The molecule has 0 amide bonds. The van der Waals surface area contributed by atoms with E-state index in [0.29, 0.717) is 5.56 Å². The minimum Gasteiger partial charge on any atom is -0.371 e. The number of ether oxygens (including phenoxy) is 1. The summed E-state index contributed by atoms with van der Waals surface area (Å²) in [5.74, 6) is 0. The maximum absolute atomic E-state index is 8.88. The standard InChI is InChI=1S/C20H18N4O.ClH/c21-12-14-1-3-15(4-2-14)18-11-19(24-23-18)16-5-7-17(8-6-16)20-13-22-9-10-25-20;/h1-8,11,20,22H,9-10,13H2,(H,23,24);1H. The largest absolute Gasteiger partial charge is 0.371 e. The Kier molecular flexibility index (Phi) is 5.69. The summed E-state index contributed by atoms with van der Waals surface area (Å²) in [6.45, 7) is 2.52. The number of benzene rings is 2. The Labute approximate surface area is 158 Å². The summed E-state index contributed by atoms with van der Waals surface area (Å²) in [5, 5.41) is 19.7. The fourth-order valence-electron chi connectivity index (χ4n) is 2.99. The topological polar surface area (TPSA) is 73.7 Å². The first-order valence-electron chi connectivity index (χ1n) is 8.32. The van der Waals surface area contributed by atoms with E-state index >= 15 is 0 Å². The Morgan fingerprint density at radius 2 is 1.77 bits per heavy atom. The molecule has 2 aromatic carbocycles. The molecular formula is C20H19ClN4O. The lowest BCUT2D eigenvalue weighted by atomic mass is 10.0. The molecule has 0 aliphatic carbocycles. The molecule has 1 atom stereocenters. The Bertz CT molecular complexity index is 891. The Balaban J connectivity index is 0.00000196. The van der Waals surface area contributed by atoms with Gasteiger partial charge in [-0.05, 0) is 29.3 Å². The predicted octanol–water partition coefficient (Wildman–Crippen LogP) is 3.70. The first-order chi connectivity index (χ1) is 12.3. The zero-order chi connectivity index (χ0) is 17.1. The summed E-state index contributed by atoms with van der Waals surface area (Å²) in [4.78, 5) is 0. The van der Waals surface area contributed by atoms with Crippen LogP contribution in [0.4, 0.5) is 0 Å². The molecule has 2 heterocycles. The van der Waals surface area contributed by atoms with Crippen LogP contribution >= 0.6 is 12.4 Å². The zero-order valence-electron chi connectivity index (χ0n) is 14.1. The minimum atomic E-state index is 0. The highest BCUT2D eigenvalue weighted by Crippen LogP contribution is 2.26. The van der Waals surface area contributed by atoms with Gasteiger partial charge in [0.05, 0.1) is 35.7 Å². The summed E-state index contributed by atoms with van der Waals surface area (Å²) in [6, 6.07) is 20.0. The van der Waals surface area contributed by atoms with Crippen LogP contribution in [0.2, 0.25) is 0 Å². The van der Waals surface area contributed by atoms with Crippen LogP contribution in [0.25, 0.3) is 22.5 Å². The van der Waals surface area contributed by atoms with Crippen molar-refractivity contribution in [2.75, 3.05) is 19.7 Å². The SMILES string of the molecule is Cl.N#Cc1ccc(-c2cc(-c3ccc(C4CNCCO4)cc3)[nH]n2)cc1. The number of nitrogens with one attached hydrogen (secondary N) is 2. The van der Waals surface area contributed by atoms with Crippen LogP contribution in [0.3, 0.4) is 0 Å². The third-order valence-corrected chi connectivity index (χ3v) is 4.41. The van der Waals surface area contributed by atoms with Crippen molar-refractivity contribution in [3.05, 3.63) is 65.7 Å². The number of hydrogen-bond acceptors (Lipinski definition) is 4. The number of H-pyrrole nitrogens is 1. The van der Waals surface area contributed by atoms with Crippen LogP contribution in [0.1, 0.15) is 17.2 Å². The van der Waals surface area contributed by atoms with Gasteiger partial charge in [0.2, 0.25) is 0 Å². The highest BCUT2D eigenvalue weighted by Gasteiger charge is 2.15. The fraction of sp³-hybridized carbons (Fsp3) is 0.200. The van der Waals surface area contributed by atoms with Gasteiger partial charge in [0.25, 0.3) is 0 Å². The number of aromatic amines is 1. The molecule has 0 spiro atoms. The molecule has 1 saturated heterocycles. The number of nitrogens with zero attached hydrogens (tertiary/aromatic N) is 2. The lowest BCUT2D eigenvalue weighted by molar-refractivity contribution is 0.0277. The van der Waals surface area contributed by atoms with Gasteiger partial charge in [0.1, 0.15) is 0 Å². The van der Waals surface area contributed by atoms with Gasteiger partial charge in [-0.2, -0.15) is 10.4 Å². The normalized spacial score (nSPS) is 16.5. The number of nitriles is 1. The van der Waals surface area contributed by atoms with Gasteiger partial charge in [0, 0.05) is 18.7 Å². The second-order valence-electron chi connectivity index (χ2n) is 6.04. The van der Waals surface area contributed by atoms with Crippen LogP contribution in [0.5, 0.6) is 0 Å². The van der Waals surface area contributed by atoms with Crippen LogP contribution in [-0.2, 0) is 4.74 Å². The molecule has 1 unspecified atom stereocenters. The maximum Gasteiger partial charge on any atom is 0.0991 e. The quantitative estimate of drug-likeness (QED) is 0.741. The number of rotatable bonds is 3. The number of aromatic nitrogens is 2. The van der Waals surface area contributed by atoms with Crippen LogP contribution < -0.4 is 5.32 Å². The Morgan fingerprint density at radius 3 is 2.42 bits per heavy atom. The van der Waals surface area contributed by atoms with Crippen molar-refractivity contribution in [3.8, 4) is 28.6 Å². The zero-order valence-corrected chi connectivity index (χ0v) is 14.9. The highest BCUT2D eigenvalue weighted by atomic mass is 35.5. The predicted molar refractivity (Wildman–Crippen MR) is 103 cm³/mol. The van der Waals surface area contributed by atoms with E-state index < -0.39 is 0 Å². The third kappa shape index (κ3) is 3.78. The van der Waals surface area contributed by atoms with Crippen molar-refractivity contribution < 1.29 is 4.74 Å². The number of morpholine rings is 1. The fourth-order valence-corrected chi connectivity index (χ4v) is 2.99. The van der Waals surface area contributed by atoms with Gasteiger partial charge >= 0.3 is 0 Å². The average Bonchev–Trinajstić information content (AvgIpc) is 3.19. The monoisotopic (exact) mass is 366 g/mol. The molecule has 1 aliphatic rings. The molecule has 0 radical (unpaired) electrons. The number of hydrogen-bond donors (Lipinski definition) is 2. The van der Waals surface area contributed by atoms with E-state index in [-0.39, 0.29) is 18.5 Å². The second kappa shape index (κ2) is 8.15. The van der Waals surface area contributed by atoms with Gasteiger partial charge in [-0.15, -0.1) is 12.4 Å². The molecule has 3 aromatic rings. The van der Waals surface area contributed by atoms with Crippen LogP contribution in [-0.4, -0.2) is 29.9 Å². The first-order valence-corrected chi connectivity index (χ1v) is 8.32. The lowest BCUT2D eigenvalue weighted by Crippen LogP contribution is -2.33. The lowest BCUT2D eigenvalue weighted by Gasteiger charge is -2.24. The van der Waals surface area contributed by atoms with Crippen molar-refractivity contribution in [1.82, 2.24) is 15.5 Å². The van der Waals surface area contributed by atoms with E-state index in [2.05, 4.69) is 45.8 Å². The summed E-state index contributed by atoms with van der Waals surface area (Å²) in [7, 11) is 0. The molecule has 4 rings (SSSR count). The van der Waals surface area contributed by atoms with E-state index in [9.17, 15) is 0 Å². The summed E-state index contributed by atoms with van der Waals surface area (Å²) in [6.07, 6.45) is 0.124. The van der Waals surface area contributed by atoms with Crippen molar-refractivity contribution >= 4 is 12.4 Å². The van der Waals surface area contributed by atoms with Crippen molar-refractivity contribution in [2.24, 2.45) is 0 Å². The Morgan fingerprint density at radius 1 is 1.04 bits per heavy atom. The van der Waals surface area contributed by atoms with Gasteiger partial charge in [-0.25, -0.2) is 0 Å². The summed E-state index contributed by atoms with van der Waals surface area (Å²) < 4.78 is 5.78. The van der Waals surface area contributed by atoms with E-state index in [4.69, 9.17) is 10.00 Å². The van der Waals surface area contributed by atoms with Crippen molar-refractivity contribution in [1.29, 1.82) is 5.26 Å². The molecule has 132 valence electrons. The molecule has 26 heavy (non-hydrogen) atoms. The van der Waals surface area contributed by atoms with Crippen molar-refractivity contribution in [3.63, 3.8) is 0 Å². The molecule has 1 aromatic heterocycles. The van der Waals surface area contributed by atoms with Gasteiger partial charge < -0.3 is 10.1 Å². The average molecular weight is 367 g/mol. The van der Waals surface area contributed by atoms with E-state index in [1.165, 1.54) is 5.56 Å². The minimum absolute atomic E-state index is 0. The molecule has 2 N–H and O–H groups in total. The molecule has 1 fully saturated rings. The van der Waals surface area contributed by atoms with Crippen LogP contribution in [0, 0.1) is 11.3 Å². The number of halogens is 1. The smallest absolute Gasteiger partial charge is 0.0991 e. The summed E-state index contributed by atoms with van der Waals surface area (Å²) >= 11 is 0. The molecule has 1 aliphatic heterocycles. The maximum atomic E-state index is 8.88. The molecule has 0 saturated carbocycles. The highest BCUT2D eigenvalue weighted by molar-refractivity contribution is 5.85.